The lowest BCUT2D eigenvalue weighted by Crippen LogP contribution is -2.25. The van der Waals surface area contributed by atoms with Crippen LogP contribution in [0, 0.1) is 0 Å². The number of carbonyl (C=O) groups excluding carboxylic acids is 1. The summed E-state index contributed by atoms with van der Waals surface area (Å²) in [6, 6.07) is 3.62. The molecule has 0 bridgehead atoms. The predicted molar refractivity (Wildman–Crippen MR) is 80.6 cm³/mol. The van der Waals surface area contributed by atoms with Crippen molar-refractivity contribution in [2.45, 2.75) is 19.6 Å². The number of carbonyl (C=O) groups is 1. The van der Waals surface area contributed by atoms with Gasteiger partial charge in [0, 0.05) is 35.6 Å². The van der Waals surface area contributed by atoms with Crippen LogP contribution in [0.4, 0.5) is 0 Å². The van der Waals surface area contributed by atoms with E-state index in [0.29, 0.717) is 30.6 Å². The third-order valence-electron chi connectivity index (χ3n) is 3.70. The van der Waals surface area contributed by atoms with Crippen molar-refractivity contribution in [2.24, 2.45) is 0 Å². The number of hydrogen-bond acceptors (Lipinski definition) is 7. The van der Waals surface area contributed by atoms with Crippen LogP contribution in [0.1, 0.15) is 27.6 Å². The number of H-pyrrole nitrogens is 1. The first-order chi connectivity index (χ1) is 11.8. The molecular weight excluding hydrogens is 312 g/mol. The van der Waals surface area contributed by atoms with Gasteiger partial charge in [-0.05, 0) is 12.1 Å². The number of pyridine rings is 1. The number of aromatic amines is 1. The second kappa shape index (κ2) is 6.20. The van der Waals surface area contributed by atoms with Crippen molar-refractivity contribution in [1.29, 1.82) is 0 Å². The second-order valence-corrected chi connectivity index (χ2v) is 5.27. The highest BCUT2D eigenvalue weighted by atomic mass is 16.5. The van der Waals surface area contributed by atoms with Crippen molar-refractivity contribution < 1.29 is 14.1 Å². The maximum Gasteiger partial charge on any atom is 0.272 e. The van der Waals surface area contributed by atoms with E-state index in [1.165, 1.54) is 0 Å². The van der Waals surface area contributed by atoms with E-state index in [-0.39, 0.29) is 12.5 Å². The quantitative estimate of drug-likeness (QED) is 0.729. The van der Waals surface area contributed by atoms with Gasteiger partial charge in [0.15, 0.2) is 5.69 Å². The third-order valence-corrected chi connectivity index (χ3v) is 3.70. The Morgan fingerprint density at radius 1 is 1.42 bits per heavy atom. The van der Waals surface area contributed by atoms with Gasteiger partial charge in [0.25, 0.3) is 5.91 Å². The van der Waals surface area contributed by atoms with Gasteiger partial charge in [0.1, 0.15) is 0 Å². The van der Waals surface area contributed by atoms with E-state index in [4.69, 9.17) is 9.26 Å². The molecule has 1 aliphatic heterocycles. The Hall–Kier alpha value is -3.07. The molecule has 4 rings (SSSR count). The number of nitrogens with zero attached hydrogens (tertiary/aromatic N) is 4. The summed E-state index contributed by atoms with van der Waals surface area (Å²) in [5.74, 6) is 0.430. The number of nitrogens with one attached hydrogen (secondary N) is 2. The Balaban J connectivity index is 1.43. The number of amides is 1. The van der Waals surface area contributed by atoms with E-state index < -0.39 is 0 Å². The summed E-state index contributed by atoms with van der Waals surface area (Å²) in [4.78, 5) is 20.5. The molecule has 0 saturated heterocycles. The summed E-state index contributed by atoms with van der Waals surface area (Å²) in [7, 11) is 0. The summed E-state index contributed by atoms with van der Waals surface area (Å²) in [6.07, 6.45) is 4.04. The molecule has 1 amide bonds. The number of aromatic nitrogens is 5. The molecule has 1 aliphatic rings. The highest BCUT2D eigenvalue weighted by molar-refractivity contribution is 5.93. The van der Waals surface area contributed by atoms with Gasteiger partial charge in [-0.25, -0.2) is 0 Å². The van der Waals surface area contributed by atoms with Crippen LogP contribution in [0.3, 0.4) is 0 Å². The fraction of sp³-hybridized carbons (Fsp3) is 0.267. The maximum atomic E-state index is 12.3. The van der Waals surface area contributed by atoms with Gasteiger partial charge in [-0.15, -0.1) is 0 Å². The molecule has 122 valence electrons. The van der Waals surface area contributed by atoms with Gasteiger partial charge in [-0.2, -0.15) is 10.1 Å². The van der Waals surface area contributed by atoms with Gasteiger partial charge in [-0.3, -0.25) is 14.9 Å². The smallest absolute Gasteiger partial charge is 0.272 e. The lowest BCUT2D eigenvalue weighted by Gasteiger charge is -2.11. The lowest BCUT2D eigenvalue weighted by atomic mass is 10.1. The minimum absolute atomic E-state index is 0.120. The van der Waals surface area contributed by atoms with E-state index in [0.717, 1.165) is 23.2 Å². The van der Waals surface area contributed by atoms with Crippen molar-refractivity contribution >= 4 is 5.91 Å². The van der Waals surface area contributed by atoms with Crippen molar-refractivity contribution in [3.8, 4) is 11.4 Å². The average molecular weight is 326 g/mol. The normalized spacial score (nSPS) is 13.5. The van der Waals surface area contributed by atoms with Crippen LogP contribution < -0.4 is 5.32 Å². The Labute approximate surface area is 136 Å². The first-order valence-corrected chi connectivity index (χ1v) is 7.46. The van der Waals surface area contributed by atoms with Crippen molar-refractivity contribution in [1.82, 2.24) is 30.6 Å². The predicted octanol–water partition coefficient (Wildman–Crippen LogP) is 0.857. The molecule has 24 heavy (non-hydrogen) atoms. The molecule has 0 unspecified atom stereocenters. The fourth-order valence-corrected chi connectivity index (χ4v) is 2.48. The molecule has 2 N–H and O–H groups in total. The first-order valence-electron chi connectivity index (χ1n) is 7.46. The van der Waals surface area contributed by atoms with Crippen LogP contribution in [0.15, 0.2) is 29.0 Å². The van der Waals surface area contributed by atoms with Crippen LogP contribution in [-0.4, -0.2) is 37.8 Å². The Morgan fingerprint density at radius 2 is 2.38 bits per heavy atom. The monoisotopic (exact) mass is 326 g/mol. The first kappa shape index (κ1) is 14.5. The molecule has 0 spiro atoms. The molecular formula is C15H14N6O3. The number of rotatable bonds is 4. The van der Waals surface area contributed by atoms with Gasteiger partial charge >= 0.3 is 0 Å². The van der Waals surface area contributed by atoms with E-state index in [1.54, 1.807) is 18.5 Å². The lowest BCUT2D eigenvalue weighted by molar-refractivity contribution is 0.0918. The SMILES string of the molecule is O=C(NCc1nc(-c2cccnc2)no1)c1n[nH]c2c1COCC2. The molecule has 9 heteroatoms. The molecule has 0 atom stereocenters. The zero-order valence-corrected chi connectivity index (χ0v) is 12.7. The van der Waals surface area contributed by atoms with E-state index in [9.17, 15) is 4.79 Å². The minimum Gasteiger partial charge on any atom is -0.376 e. The van der Waals surface area contributed by atoms with Crippen LogP contribution in [0.25, 0.3) is 11.4 Å². The van der Waals surface area contributed by atoms with Gasteiger partial charge in [-0.1, -0.05) is 5.16 Å². The van der Waals surface area contributed by atoms with E-state index >= 15 is 0 Å². The zero-order valence-electron chi connectivity index (χ0n) is 12.7. The van der Waals surface area contributed by atoms with Crippen molar-refractivity contribution in [2.75, 3.05) is 6.61 Å². The maximum absolute atomic E-state index is 12.3. The highest BCUT2D eigenvalue weighted by Gasteiger charge is 2.22. The van der Waals surface area contributed by atoms with Crippen LogP contribution >= 0.6 is 0 Å². The standard InChI is InChI=1S/C15H14N6O3/c22-15(13-10-8-23-5-3-11(10)19-20-13)17-7-12-18-14(21-24-12)9-2-1-4-16-6-9/h1-2,4,6H,3,5,7-8H2,(H,17,22)(H,19,20). The van der Waals surface area contributed by atoms with Gasteiger partial charge < -0.3 is 14.6 Å². The Bertz CT molecular complexity index is 857. The summed E-state index contributed by atoms with van der Waals surface area (Å²) < 4.78 is 10.5. The van der Waals surface area contributed by atoms with Crippen LogP contribution in [0.2, 0.25) is 0 Å². The van der Waals surface area contributed by atoms with E-state index in [2.05, 4.69) is 30.6 Å². The number of hydrogen-bond donors (Lipinski definition) is 2. The largest absolute Gasteiger partial charge is 0.376 e. The molecule has 0 saturated carbocycles. The number of ether oxygens (including phenoxy) is 1. The van der Waals surface area contributed by atoms with Crippen molar-refractivity contribution in [3.63, 3.8) is 0 Å². The van der Waals surface area contributed by atoms with Gasteiger partial charge in [0.2, 0.25) is 11.7 Å². The Morgan fingerprint density at radius 3 is 3.25 bits per heavy atom. The highest BCUT2D eigenvalue weighted by Crippen LogP contribution is 2.18. The molecule has 0 aromatic carbocycles. The molecule has 3 aromatic rings. The topological polar surface area (TPSA) is 119 Å². The summed E-state index contributed by atoms with van der Waals surface area (Å²) in [5, 5.41) is 13.6. The summed E-state index contributed by atoms with van der Waals surface area (Å²) >= 11 is 0. The molecule has 0 fully saturated rings. The van der Waals surface area contributed by atoms with Gasteiger partial charge in [0.05, 0.1) is 19.8 Å². The Kier molecular flexibility index (Phi) is 3.75. The zero-order chi connectivity index (χ0) is 16.4. The van der Waals surface area contributed by atoms with Crippen LogP contribution in [-0.2, 0) is 24.3 Å². The minimum atomic E-state index is -0.306. The van der Waals surface area contributed by atoms with E-state index in [1.807, 2.05) is 6.07 Å². The molecule has 0 radical (unpaired) electrons. The summed E-state index contributed by atoms with van der Waals surface area (Å²) in [5.41, 5.74) is 2.84. The molecule has 3 aromatic heterocycles. The third kappa shape index (κ3) is 2.76. The molecule has 0 aliphatic carbocycles. The molecule has 4 heterocycles. The molecule has 9 nitrogen and oxygen atoms in total. The number of fused-ring (bicyclic) bond motifs is 1. The second-order valence-electron chi connectivity index (χ2n) is 5.27. The summed E-state index contributed by atoms with van der Waals surface area (Å²) in [6.45, 7) is 1.14. The van der Waals surface area contributed by atoms with Crippen LogP contribution in [0.5, 0.6) is 0 Å². The fourth-order valence-electron chi connectivity index (χ4n) is 2.48. The van der Waals surface area contributed by atoms with Crippen molar-refractivity contribution in [3.05, 3.63) is 47.4 Å². The average Bonchev–Trinajstić information content (AvgIpc) is 3.27.